The number of hydrogen-bond donors (Lipinski definition) is 3. The third-order valence-electron chi connectivity index (χ3n) is 3.52. The van der Waals surface area contributed by atoms with Gasteiger partial charge in [-0.05, 0) is 38.5 Å². The van der Waals surface area contributed by atoms with Crippen LogP contribution >= 0.6 is 0 Å². The van der Waals surface area contributed by atoms with Gasteiger partial charge in [-0.15, -0.1) is 0 Å². The van der Waals surface area contributed by atoms with Crippen LogP contribution in [0.1, 0.15) is 51.4 Å². The van der Waals surface area contributed by atoms with Gasteiger partial charge in [-0.3, -0.25) is 4.79 Å². The minimum absolute atomic E-state index is 0.0311. The first-order chi connectivity index (χ1) is 12.7. The second-order valence-corrected chi connectivity index (χ2v) is 6.14. The van der Waals surface area contributed by atoms with Crippen LogP contribution in [0.2, 0.25) is 0 Å². The fourth-order valence-corrected chi connectivity index (χ4v) is 2.09. The number of alkyl halides is 3. The summed E-state index contributed by atoms with van der Waals surface area (Å²) in [6, 6.07) is 0. The van der Waals surface area contributed by atoms with Gasteiger partial charge in [-0.2, -0.15) is 13.2 Å². The number of allylic oxidation sites excluding steroid dienone is 5. The lowest BCUT2D eigenvalue weighted by Crippen LogP contribution is -2.05. The Bertz CT molecular complexity index is 508. The summed E-state index contributed by atoms with van der Waals surface area (Å²) in [5, 5.41) is 27.8. The second-order valence-electron chi connectivity index (χ2n) is 6.14. The van der Waals surface area contributed by atoms with Gasteiger partial charge in [0.15, 0.2) is 0 Å². The molecular formula is C20H29F3O4. The first kappa shape index (κ1) is 25.1. The van der Waals surface area contributed by atoms with Crippen molar-refractivity contribution in [3.8, 4) is 0 Å². The van der Waals surface area contributed by atoms with Gasteiger partial charge in [0.25, 0.3) is 0 Å². The van der Waals surface area contributed by atoms with Gasteiger partial charge in [0.2, 0.25) is 0 Å². The fourth-order valence-electron chi connectivity index (χ4n) is 2.09. The highest BCUT2D eigenvalue weighted by Crippen LogP contribution is 2.22. The normalized spacial score (nSPS) is 15.4. The lowest BCUT2D eigenvalue weighted by atomic mass is 10.1. The van der Waals surface area contributed by atoms with Crippen molar-refractivity contribution in [2.45, 2.75) is 69.8 Å². The summed E-state index contributed by atoms with van der Waals surface area (Å²) in [7, 11) is 0. The molecule has 27 heavy (non-hydrogen) atoms. The molecule has 3 N–H and O–H groups in total. The predicted octanol–water partition coefficient (Wildman–Crippen LogP) is 4.70. The van der Waals surface area contributed by atoms with Gasteiger partial charge in [0.1, 0.15) is 0 Å². The number of halogens is 3. The van der Waals surface area contributed by atoms with E-state index in [-0.39, 0.29) is 12.8 Å². The highest BCUT2D eigenvalue weighted by atomic mass is 19.4. The number of carboxylic acid groups (broad SMARTS) is 1. The molecule has 0 unspecified atom stereocenters. The summed E-state index contributed by atoms with van der Waals surface area (Å²) in [6.07, 6.45) is 9.48. The molecule has 4 nitrogen and oxygen atoms in total. The predicted molar refractivity (Wildman–Crippen MR) is 99.2 cm³/mol. The largest absolute Gasteiger partial charge is 0.481 e. The van der Waals surface area contributed by atoms with E-state index in [0.717, 1.165) is 0 Å². The van der Waals surface area contributed by atoms with E-state index in [0.29, 0.717) is 32.1 Å². The third-order valence-corrected chi connectivity index (χ3v) is 3.52. The van der Waals surface area contributed by atoms with Crippen LogP contribution in [-0.4, -0.2) is 39.7 Å². The highest BCUT2D eigenvalue weighted by molar-refractivity contribution is 5.66. The van der Waals surface area contributed by atoms with E-state index in [4.69, 9.17) is 5.11 Å². The van der Waals surface area contributed by atoms with Crippen molar-refractivity contribution < 1.29 is 33.3 Å². The Balaban J connectivity index is 3.82. The molecule has 154 valence electrons. The zero-order valence-electron chi connectivity index (χ0n) is 15.3. The Morgan fingerprint density at radius 3 is 2.11 bits per heavy atom. The average molecular weight is 390 g/mol. The molecule has 0 aliphatic rings. The number of aliphatic hydroxyl groups is 2. The van der Waals surface area contributed by atoms with E-state index in [1.54, 1.807) is 48.6 Å². The van der Waals surface area contributed by atoms with Crippen LogP contribution in [0.5, 0.6) is 0 Å². The molecule has 0 aromatic rings. The number of hydrogen-bond acceptors (Lipinski definition) is 3. The molecule has 0 rings (SSSR count). The van der Waals surface area contributed by atoms with Gasteiger partial charge in [-0.1, -0.05) is 48.6 Å². The maximum Gasteiger partial charge on any atom is 0.389 e. The quantitative estimate of drug-likeness (QED) is 0.228. The Morgan fingerprint density at radius 1 is 0.889 bits per heavy atom. The fraction of sp³-hybridized carbons (Fsp3) is 0.550. The number of unbranched alkanes of at least 4 members (excludes halogenated alkanes) is 2. The number of aliphatic hydroxyl groups excluding tert-OH is 2. The summed E-state index contributed by atoms with van der Waals surface area (Å²) in [4.78, 5) is 10.3. The van der Waals surface area contributed by atoms with E-state index >= 15 is 0 Å². The maximum atomic E-state index is 11.9. The first-order valence-corrected chi connectivity index (χ1v) is 9.02. The standard InChI is InChI=1S/C20H29F3O4/c21-20(22,23)16-9-5-1-2-6-11-17(24)12-7-3-4-8-13-18(25)14-10-15-19(26)27/h2-4,6-8,12-13,17-18,24-25H,1,5,9-11,14-16H2,(H,26,27)/b4-3+,6-2-,12-7+,13-8-/t17-,18+/m1/s1. The number of carboxylic acids is 1. The SMILES string of the molecule is O=C(O)CCC[C@@H](O)\C=C/C=C/C=C/[C@H](O)C/C=C\CCCCC(F)(F)F. The maximum absolute atomic E-state index is 11.9. The van der Waals surface area contributed by atoms with E-state index in [2.05, 4.69) is 0 Å². The average Bonchev–Trinajstić information content (AvgIpc) is 2.55. The molecule has 0 spiro atoms. The molecule has 0 radical (unpaired) electrons. The van der Waals surface area contributed by atoms with Crippen LogP contribution in [-0.2, 0) is 4.79 Å². The Morgan fingerprint density at radius 2 is 1.52 bits per heavy atom. The lowest BCUT2D eigenvalue weighted by Gasteiger charge is -2.04. The lowest BCUT2D eigenvalue weighted by molar-refractivity contribution is -0.137. The molecule has 7 heteroatoms. The minimum atomic E-state index is -4.09. The van der Waals surface area contributed by atoms with Crippen molar-refractivity contribution in [2.24, 2.45) is 0 Å². The molecule has 0 bridgehead atoms. The molecule has 0 aromatic heterocycles. The molecule has 0 amide bonds. The molecule has 0 fully saturated rings. The van der Waals surface area contributed by atoms with Gasteiger partial charge in [-0.25, -0.2) is 0 Å². The van der Waals surface area contributed by atoms with Crippen molar-refractivity contribution in [1.29, 1.82) is 0 Å². The summed E-state index contributed by atoms with van der Waals surface area (Å²) >= 11 is 0. The van der Waals surface area contributed by atoms with E-state index in [1.165, 1.54) is 0 Å². The van der Waals surface area contributed by atoms with E-state index < -0.39 is 30.8 Å². The van der Waals surface area contributed by atoms with Crippen molar-refractivity contribution in [2.75, 3.05) is 0 Å². The van der Waals surface area contributed by atoms with E-state index in [1.807, 2.05) is 0 Å². The molecule has 2 atom stereocenters. The van der Waals surface area contributed by atoms with Crippen LogP contribution in [0.3, 0.4) is 0 Å². The number of carbonyl (C=O) groups is 1. The first-order valence-electron chi connectivity index (χ1n) is 9.02. The summed E-state index contributed by atoms with van der Waals surface area (Å²) < 4.78 is 35.8. The molecule has 0 saturated heterocycles. The summed E-state index contributed by atoms with van der Waals surface area (Å²) in [6.45, 7) is 0. The van der Waals surface area contributed by atoms with Gasteiger partial charge in [0, 0.05) is 12.8 Å². The highest BCUT2D eigenvalue weighted by Gasteiger charge is 2.25. The second kappa shape index (κ2) is 15.2. The van der Waals surface area contributed by atoms with Crippen molar-refractivity contribution >= 4 is 5.97 Å². The van der Waals surface area contributed by atoms with Crippen LogP contribution in [0.4, 0.5) is 13.2 Å². The van der Waals surface area contributed by atoms with Crippen molar-refractivity contribution in [3.05, 3.63) is 48.6 Å². The molecule has 0 aliphatic carbocycles. The summed E-state index contributed by atoms with van der Waals surface area (Å²) in [5.74, 6) is -0.883. The van der Waals surface area contributed by atoms with Gasteiger partial charge >= 0.3 is 12.1 Å². The van der Waals surface area contributed by atoms with Crippen LogP contribution < -0.4 is 0 Å². The van der Waals surface area contributed by atoms with Crippen LogP contribution in [0.15, 0.2) is 48.6 Å². The zero-order valence-corrected chi connectivity index (χ0v) is 15.3. The Kier molecular flexibility index (Phi) is 14.2. The van der Waals surface area contributed by atoms with Crippen molar-refractivity contribution in [3.63, 3.8) is 0 Å². The third kappa shape index (κ3) is 20.3. The minimum Gasteiger partial charge on any atom is -0.481 e. The molecule has 0 saturated carbocycles. The van der Waals surface area contributed by atoms with E-state index in [9.17, 15) is 28.2 Å². The smallest absolute Gasteiger partial charge is 0.389 e. The summed E-state index contributed by atoms with van der Waals surface area (Å²) in [5.41, 5.74) is 0. The van der Waals surface area contributed by atoms with Crippen LogP contribution in [0, 0.1) is 0 Å². The van der Waals surface area contributed by atoms with Crippen molar-refractivity contribution in [1.82, 2.24) is 0 Å². The topological polar surface area (TPSA) is 77.8 Å². The Hall–Kier alpha value is -1.86. The molecule has 0 aromatic carbocycles. The van der Waals surface area contributed by atoms with Crippen LogP contribution in [0.25, 0.3) is 0 Å². The zero-order chi connectivity index (χ0) is 20.5. The number of aliphatic carboxylic acids is 1. The molecule has 0 aliphatic heterocycles. The molecular weight excluding hydrogens is 361 g/mol. The van der Waals surface area contributed by atoms with Gasteiger partial charge < -0.3 is 15.3 Å². The monoisotopic (exact) mass is 390 g/mol. The molecule has 0 heterocycles. The van der Waals surface area contributed by atoms with Gasteiger partial charge in [0.05, 0.1) is 12.2 Å². The Labute approximate surface area is 158 Å². The number of rotatable bonds is 14.